The summed E-state index contributed by atoms with van der Waals surface area (Å²) in [4.78, 5) is 29.9. The van der Waals surface area contributed by atoms with Crippen molar-refractivity contribution >= 4 is 29.0 Å². The zero-order chi connectivity index (χ0) is 21.8. The molecule has 0 spiro atoms. The largest absolute Gasteiger partial charge is 0.484 e. The number of carbonyl (C=O) groups excluding carboxylic acids is 1. The number of rotatable bonds is 7. The highest BCUT2D eigenvalue weighted by Gasteiger charge is 2.11. The molecule has 8 heteroatoms. The fourth-order valence-electron chi connectivity index (χ4n) is 2.96. The van der Waals surface area contributed by atoms with Gasteiger partial charge in [0.15, 0.2) is 12.3 Å². The maximum atomic E-state index is 12.4. The third-order valence-corrected chi connectivity index (χ3v) is 5.56. The number of hydrogen-bond acceptors (Lipinski definition) is 6. The van der Waals surface area contributed by atoms with E-state index in [1.807, 2.05) is 55.5 Å². The van der Waals surface area contributed by atoms with Crippen LogP contribution in [0.4, 0.5) is 5.69 Å². The molecule has 0 radical (unpaired) electrons. The summed E-state index contributed by atoms with van der Waals surface area (Å²) in [5, 5.41) is 2.89. The number of amides is 1. The number of para-hydroxylation sites is 1. The molecule has 2 heterocycles. The molecule has 2 aromatic carbocycles. The van der Waals surface area contributed by atoms with Crippen molar-refractivity contribution in [1.29, 1.82) is 0 Å². The van der Waals surface area contributed by atoms with E-state index in [0.717, 1.165) is 10.5 Å². The van der Waals surface area contributed by atoms with Crippen molar-refractivity contribution in [1.82, 2.24) is 9.56 Å². The second-order valence-electron chi connectivity index (χ2n) is 7.02. The molecule has 2 aromatic heterocycles. The first kappa shape index (κ1) is 20.7. The number of hydrogen-bond donors (Lipinski definition) is 1. The quantitative estimate of drug-likeness (QED) is 0.438. The van der Waals surface area contributed by atoms with Gasteiger partial charge in [0.05, 0.1) is 11.4 Å². The Morgan fingerprint density at radius 3 is 2.71 bits per heavy atom. The number of fused-ring (bicyclic) bond motifs is 1. The fraction of sp³-hybridized carbons (Fsp3) is 0.174. The monoisotopic (exact) mass is 435 g/mol. The van der Waals surface area contributed by atoms with Crippen LogP contribution in [0, 0.1) is 13.8 Å². The molecule has 0 unspecified atom stereocenters. The SMILES string of the molecule is Cc1ccc(OCC(=O)Nc2ccccc2SCc2cc(=O)n3oc(C)cc3n2)cc1. The highest BCUT2D eigenvalue weighted by Crippen LogP contribution is 2.29. The lowest BCUT2D eigenvalue weighted by Gasteiger charge is -2.11. The van der Waals surface area contributed by atoms with E-state index in [9.17, 15) is 9.59 Å². The Kier molecular flexibility index (Phi) is 6.08. The second-order valence-corrected chi connectivity index (χ2v) is 8.04. The first-order valence-electron chi connectivity index (χ1n) is 9.69. The summed E-state index contributed by atoms with van der Waals surface area (Å²) < 4.78 is 12.0. The van der Waals surface area contributed by atoms with Gasteiger partial charge in [-0.3, -0.25) is 9.59 Å². The molecule has 1 N–H and O–H groups in total. The number of benzene rings is 2. The highest BCUT2D eigenvalue weighted by atomic mass is 32.2. The van der Waals surface area contributed by atoms with E-state index < -0.39 is 0 Å². The van der Waals surface area contributed by atoms with Gasteiger partial charge >= 0.3 is 0 Å². The van der Waals surface area contributed by atoms with Crippen LogP contribution in [-0.4, -0.2) is 22.1 Å². The molecule has 0 aliphatic heterocycles. The summed E-state index contributed by atoms with van der Waals surface area (Å²) in [5.74, 6) is 1.49. The zero-order valence-electron chi connectivity index (χ0n) is 17.1. The van der Waals surface area contributed by atoms with Crippen LogP contribution in [0.25, 0.3) is 5.65 Å². The molecule has 31 heavy (non-hydrogen) atoms. The predicted octanol–water partition coefficient (Wildman–Crippen LogP) is 4.21. The number of anilines is 1. The molecule has 0 atom stereocenters. The molecule has 0 aliphatic carbocycles. The molecular weight excluding hydrogens is 414 g/mol. The Morgan fingerprint density at radius 1 is 1.13 bits per heavy atom. The standard InChI is InChI=1S/C23H21N3O4S/c1-15-7-9-18(10-8-15)29-13-22(27)25-19-5-3-4-6-20(19)31-14-17-12-23(28)26-21(24-17)11-16(2)30-26/h3-12H,13-14H2,1-2H3,(H,25,27). The van der Waals surface area contributed by atoms with Crippen LogP contribution in [0.1, 0.15) is 17.0 Å². The Balaban J connectivity index is 1.40. The minimum Gasteiger partial charge on any atom is -0.484 e. The first-order valence-corrected chi connectivity index (χ1v) is 10.7. The van der Waals surface area contributed by atoms with E-state index in [1.54, 1.807) is 13.0 Å². The normalized spacial score (nSPS) is 10.9. The van der Waals surface area contributed by atoms with Gasteiger partial charge in [-0.1, -0.05) is 29.8 Å². The van der Waals surface area contributed by atoms with Crippen LogP contribution < -0.4 is 15.6 Å². The third-order valence-electron chi connectivity index (χ3n) is 4.45. The van der Waals surface area contributed by atoms with Crippen molar-refractivity contribution < 1.29 is 14.1 Å². The number of thioether (sulfide) groups is 1. The minimum atomic E-state index is -0.261. The van der Waals surface area contributed by atoms with Gasteiger partial charge in [0.2, 0.25) is 0 Å². The lowest BCUT2D eigenvalue weighted by Crippen LogP contribution is -2.20. The van der Waals surface area contributed by atoms with Gasteiger partial charge in [-0.2, -0.15) is 0 Å². The highest BCUT2D eigenvalue weighted by molar-refractivity contribution is 7.98. The number of aromatic nitrogens is 2. The van der Waals surface area contributed by atoms with Crippen LogP contribution in [0.15, 0.2) is 74.9 Å². The molecule has 0 aliphatic rings. The van der Waals surface area contributed by atoms with E-state index >= 15 is 0 Å². The van der Waals surface area contributed by atoms with Crippen molar-refractivity contribution in [3.05, 3.63) is 88.0 Å². The minimum absolute atomic E-state index is 0.0864. The third kappa shape index (κ3) is 5.16. The molecule has 0 saturated heterocycles. The summed E-state index contributed by atoms with van der Waals surface area (Å²) in [6.45, 7) is 3.67. The van der Waals surface area contributed by atoms with Crippen molar-refractivity contribution in [3.8, 4) is 5.75 Å². The smallest absolute Gasteiger partial charge is 0.287 e. The van der Waals surface area contributed by atoms with Crippen molar-refractivity contribution in [2.24, 2.45) is 0 Å². The Labute approximate surface area is 183 Å². The lowest BCUT2D eigenvalue weighted by atomic mass is 10.2. The van der Waals surface area contributed by atoms with Crippen LogP contribution in [0.5, 0.6) is 5.75 Å². The van der Waals surface area contributed by atoms with Gasteiger partial charge in [-0.25, -0.2) is 4.98 Å². The molecule has 0 saturated carbocycles. The van der Waals surface area contributed by atoms with Crippen LogP contribution in [0.3, 0.4) is 0 Å². The molecule has 0 fully saturated rings. The summed E-state index contributed by atoms with van der Waals surface area (Å²) in [6.07, 6.45) is 0. The number of aryl methyl sites for hydroxylation is 2. The van der Waals surface area contributed by atoms with Gasteiger partial charge in [0.1, 0.15) is 11.5 Å². The van der Waals surface area contributed by atoms with Gasteiger partial charge in [0, 0.05) is 22.8 Å². The second kappa shape index (κ2) is 9.09. The fourth-order valence-corrected chi connectivity index (χ4v) is 3.87. The van der Waals surface area contributed by atoms with E-state index in [1.165, 1.54) is 22.4 Å². The molecule has 4 aromatic rings. The van der Waals surface area contributed by atoms with Crippen molar-refractivity contribution in [2.75, 3.05) is 11.9 Å². The Bertz CT molecular complexity index is 1280. The zero-order valence-corrected chi connectivity index (χ0v) is 17.9. The van der Waals surface area contributed by atoms with Crippen molar-refractivity contribution in [3.63, 3.8) is 0 Å². The summed E-state index contributed by atoms with van der Waals surface area (Å²) >= 11 is 1.49. The number of ether oxygens (including phenoxy) is 1. The maximum Gasteiger partial charge on any atom is 0.287 e. The summed E-state index contributed by atoms with van der Waals surface area (Å²) in [5.41, 5.74) is 2.67. The van der Waals surface area contributed by atoms with Crippen molar-refractivity contribution in [2.45, 2.75) is 24.5 Å². The number of nitrogens with one attached hydrogen (secondary N) is 1. The van der Waals surface area contributed by atoms with E-state index in [4.69, 9.17) is 9.26 Å². The Morgan fingerprint density at radius 2 is 1.90 bits per heavy atom. The molecule has 1 amide bonds. The molecule has 7 nitrogen and oxygen atoms in total. The van der Waals surface area contributed by atoms with Gasteiger partial charge in [-0.15, -0.1) is 16.3 Å². The van der Waals surface area contributed by atoms with Crippen LogP contribution in [0.2, 0.25) is 0 Å². The van der Waals surface area contributed by atoms with Gasteiger partial charge < -0.3 is 14.6 Å². The molecular formula is C23H21N3O4S. The first-order chi connectivity index (χ1) is 15.0. The average Bonchev–Trinajstić information content (AvgIpc) is 3.13. The number of carbonyl (C=O) groups is 1. The van der Waals surface area contributed by atoms with E-state index in [2.05, 4.69) is 10.3 Å². The molecule has 158 valence electrons. The van der Waals surface area contributed by atoms with Gasteiger partial charge in [0.25, 0.3) is 11.5 Å². The molecule has 4 rings (SSSR count). The number of nitrogens with zero attached hydrogens (tertiary/aromatic N) is 2. The van der Waals surface area contributed by atoms with E-state index in [0.29, 0.717) is 34.3 Å². The average molecular weight is 436 g/mol. The lowest BCUT2D eigenvalue weighted by molar-refractivity contribution is -0.118. The molecule has 0 bridgehead atoms. The Hall–Kier alpha value is -3.52. The van der Waals surface area contributed by atoms with Crippen LogP contribution >= 0.6 is 11.8 Å². The predicted molar refractivity (Wildman–Crippen MR) is 120 cm³/mol. The summed E-state index contributed by atoms with van der Waals surface area (Å²) in [7, 11) is 0. The van der Waals surface area contributed by atoms with E-state index in [-0.39, 0.29) is 18.1 Å². The van der Waals surface area contributed by atoms with Crippen LogP contribution in [-0.2, 0) is 10.5 Å². The topological polar surface area (TPSA) is 85.8 Å². The summed E-state index contributed by atoms with van der Waals surface area (Å²) in [6, 6.07) is 18.2. The maximum absolute atomic E-state index is 12.4. The van der Waals surface area contributed by atoms with Gasteiger partial charge in [-0.05, 0) is 38.1 Å².